The van der Waals surface area contributed by atoms with Crippen LogP contribution in [0.5, 0.6) is 0 Å². The summed E-state index contributed by atoms with van der Waals surface area (Å²) in [5.74, 6) is -3.03. The van der Waals surface area contributed by atoms with Crippen molar-refractivity contribution in [2.45, 2.75) is 6.92 Å². The molecule has 0 spiro atoms. The first-order chi connectivity index (χ1) is 6.63. The van der Waals surface area contributed by atoms with E-state index in [0.29, 0.717) is 0 Å². The summed E-state index contributed by atoms with van der Waals surface area (Å²) < 4.78 is 13.5. The molecule has 7 nitrogen and oxygen atoms in total. The van der Waals surface area contributed by atoms with Crippen LogP contribution in [0.2, 0.25) is 0 Å². The standard InChI is InChI=1S/C5H6Cl2NO6P/c1-2(9)8-5(10)3(4(6)7)14-15(11,12)13/h1H3,(H,8,9,10)(H2,11,12,13). The van der Waals surface area contributed by atoms with Gasteiger partial charge in [-0.15, -0.1) is 0 Å². The Morgan fingerprint density at radius 1 is 1.33 bits per heavy atom. The third kappa shape index (κ3) is 6.48. The monoisotopic (exact) mass is 277 g/mol. The molecule has 0 bridgehead atoms. The summed E-state index contributed by atoms with van der Waals surface area (Å²) >= 11 is 10.3. The van der Waals surface area contributed by atoms with Gasteiger partial charge >= 0.3 is 7.82 Å². The maximum absolute atomic E-state index is 11.0. The van der Waals surface area contributed by atoms with E-state index in [1.165, 1.54) is 0 Å². The Balaban J connectivity index is 4.87. The van der Waals surface area contributed by atoms with Gasteiger partial charge in [-0.2, -0.15) is 0 Å². The zero-order valence-electron chi connectivity index (χ0n) is 7.23. The molecule has 0 aromatic heterocycles. The van der Waals surface area contributed by atoms with E-state index in [2.05, 4.69) is 4.52 Å². The second kappa shape index (κ2) is 5.48. The highest BCUT2D eigenvalue weighted by Gasteiger charge is 2.26. The van der Waals surface area contributed by atoms with E-state index in [-0.39, 0.29) is 0 Å². The number of nitrogens with one attached hydrogen (secondary N) is 1. The van der Waals surface area contributed by atoms with Crippen LogP contribution >= 0.6 is 31.0 Å². The average Bonchev–Trinajstić information content (AvgIpc) is 1.96. The zero-order chi connectivity index (χ0) is 12.2. The van der Waals surface area contributed by atoms with Crippen LogP contribution in [0, 0.1) is 0 Å². The van der Waals surface area contributed by atoms with E-state index in [0.717, 1.165) is 6.92 Å². The molecule has 0 atom stereocenters. The molecular formula is C5H6Cl2NO6P. The molecule has 0 rings (SSSR count). The van der Waals surface area contributed by atoms with Gasteiger partial charge in [-0.05, 0) is 0 Å². The Morgan fingerprint density at radius 2 is 1.80 bits per heavy atom. The van der Waals surface area contributed by atoms with Crippen molar-refractivity contribution < 1.29 is 28.5 Å². The third-order valence-electron chi connectivity index (χ3n) is 0.878. The van der Waals surface area contributed by atoms with Crippen LogP contribution in [0.25, 0.3) is 0 Å². The van der Waals surface area contributed by atoms with Gasteiger partial charge in [-0.3, -0.25) is 24.7 Å². The van der Waals surface area contributed by atoms with Crippen molar-refractivity contribution in [3.63, 3.8) is 0 Å². The molecule has 3 N–H and O–H groups in total. The lowest BCUT2D eigenvalue weighted by Gasteiger charge is -2.09. The number of carbonyl (C=O) groups excluding carboxylic acids is 2. The number of hydrogen-bond donors (Lipinski definition) is 3. The number of halogens is 2. The van der Waals surface area contributed by atoms with Crippen LogP contribution in [-0.4, -0.2) is 21.6 Å². The molecule has 10 heteroatoms. The van der Waals surface area contributed by atoms with E-state index in [9.17, 15) is 14.2 Å². The van der Waals surface area contributed by atoms with Gasteiger partial charge in [-0.25, -0.2) is 4.57 Å². The molecular weight excluding hydrogens is 272 g/mol. The number of imide groups is 1. The van der Waals surface area contributed by atoms with Gasteiger partial charge in [0.15, 0.2) is 4.49 Å². The van der Waals surface area contributed by atoms with Crippen LogP contribution in [0.4, 0.5) is 0 Å². The Kier molecular flexibility index (Phi) is 5.27. The number of rotatable bonds is 3. The van der Waals surface area contributed by atoms with Gasteiger partial charge < -0.3 is 4.52 Å². The van der Waals surface area contributed by atoms with Crippen LogP contribution in [-0.2, 0) is 18.7 Å². The van der Waals surface area contributed by atoms with Crippen LogP contribution in [0.1, 0.15) is 6.92 Å². The Morgan fingerprint density at radius 3 is 2.07 bits per heavy atom. The summed E-state index contributed by atoms with van der Waals surface area (Å²) in [5, 5.41) is 1.67. The van der Waals surface area contributed by atoms with Crippen molar-refractivity contribution in [1.82, 2.24) is 5.32 Å². The molecule has 0 aliphatic carbocycles. The molecule has 0 aliphatic rings. The molecule has 0 saturated carbocycles. The van der Waals surface area contributed by atoms with E-state index < -0.39 is 29.9 Å². The lowest BCUT2D eigenvalue weighted by molar-refractivity contribution is -0.128. The quantitative estimate of drug-likeness (QED) is 0.391. The highest BCUT2D eigenvalue weighted by molar-refractivity contribution is 7.46. The van der Waals surface area contributed by atoms with E-state index >= 15 is 0 Å². The van der Waals surface area contributed by atoms with Gasteiger partial charge in [0.05, 0.1) is 0 Å². The molecule has 0 radical (unpaired) electrons. The van der Waals surface area contributed by atoms with Gasteiger partial charge in [0.2, 0.25) is 11.7 Å². The van der Waals surface area contributed by atoms with Crippen molar-refractivity contribution >= 4 is 42.8 Å². The highest BCUT2D eigenvalue weighted by Crippen LogP contribution is 2.40. The molecule has 0 saturated heterocycles. The summed E-state index contributed by atoms with van der Waals surface area (Å²) in [6, 6.07) is 0. The second-order valence-electron chi connectivity index (χ2n) is 2.18. The van der Waals surface area contributed by atoms with Gasteiger partial charge in [-0.1, -0.05) is 23.2 Å². The number of carbonyl (C=O) groups is 2. The minimum absolute atomic E-state index is 0.763. The summed E-state index contributed by atoms with van der Waals surface area (Å²) in [7, 11) is -4.97. The fraction of sp³-hybridized carbons (Fsp3) is 0.200. The van der Waals surface area contributed by atoms with E-state index in [4.69, 9.17) is 33.0 Å². The lowest BCUT2D eigenvalue weighted by atomic mass is 10.5. The zero-order valence-corrected chi connectivity index (χ0v) is 9.64. The maximum Gasteiger partial charge on any atom is 0.525 e. The van der Waals surface area contributed by atoms with Crippen molar-refractivity contribution in [2.75, 3.05) is 0 Å². The van der Waals surface area contributed by atoms with Gasteiger partial charge in [0.25, 0.3) is 5.91 Å². The molecule has 2 amide bonds. The lowest BCUT2D eigenvalue weighted by Crippen LogP contribution is -2.30. The molecule has 0 aromatic rings. The largest absolute Gasteiger partial charge is 0.525 e. The molecule has 0 fully saturated rings. The third-order valence-corrected chi connectivity index (χ3v) is 1.64. The Labute approximate surface area is 94.2 Å². The first-order valence-electron chi connectivity index (χ1n) is 3.26. The molecule has 86 valence electrons. The van der Waals surface area contributed by atoms with Crippen molar-refractivity contribution in [3.05, 3.63) is 10.3 Å². The number of amides is 2. The maximum atomic E-state index is 11.0. The average molecular weight is 278 g/mol. The summed E-state index contributed by atoms with van der Waals surface area (Å²) in [6.07, 6.45) is 0. The van der Waals surface area contributed by atoms with Crippen molar-refractivity contribution in [3.8, 4) is 0 Å². The SMILES string of the molecule is CC(=O)NC(=O)C(OP(=O)(O)O)=C(Cl)Cl. The first kappa shape index (κ1) is 14.4. The second-order valence-corrected chi connectivity index (χ2v) is 4.29. The predicted octanol–water partition coefficient (Wildman–Crippen LogP) is 0.405. The van der Waals surface area contributed by atoms with Crippen molar-refractivity contribution in [1.29, 1.82) is 0 Å². The Hall–Kier alpha value is -0.590. The number of hydrogen-bond acceptors (Lipinski definition) is 4. The molecule has 0 heterocycles. The fourth-order valence-electron chi connectivity index (χ4n) is 0.497. The minimum atomic E-state index is -4.97. The number of phosphoric ester groups is 1. The topological polar surface area (TPSA) is 113 Å². The van der Waals surface area contributed by atoms with Gasteiger partial charge in [0.1, 0.15) is 0 Å². The van der Waals surface area contributed by atoms with Crippen LogP contribution in [0.3, 0.4) is 0 Å². The highest BCUT2D eigenvalue weighted by atomic mass is 35.5. The Bertz CT molecular complexity index is 357. The normalized spacial score (nSPS) is 10.5. The molecule has 0 unspecified atom stereocenters. The van der Waals surface area contributed by atoms with Gasteiger partial charge in [0, 0.05) is 6.92 Å². The summed E-state index contributed by atoms with van der Waals surface area (Å²) in [4.78, 5) is 38.3. The van der Waals surface area contributed by atoms with Crippen LogP contribution in [0.15, 0.2) is 10.3 Å². The number of phosphoric acid groups is 1. The minimum Gasteiger partial charge on any atom is -0.396 e. The smallest absolute Gasteiger partial charge is 0.396 e. The summed E-state index contributed by atoms with van der Waals surface area (Å²) in [6.45, 7) is 1.01. The molecule has 15 heavy (non-hydrogen) atoms. The first-order valence-corrected chi connectivity index (χ1v) is 5.54. The molecule has 0 aliphatic heterocycles. The van der Waals surface area contributed by atoms with E-state index in [1.807, 2.05) is 0 Å². The molecule has 0 aromatic carbocycles. The predicted molar refractivity (Wildman–Crippen MR) is 50.7 cm³/mol. The van der Waals surface area contributed by atoms with Crippen LogP contribution < -0.4 is 5.32 Å². The van der Waals surface area contributed by atoms with Crippen molar-refractivity contribution in [2.24, 2.45) is 0 Å². The fourth-order valence-corrected chi connectivity index (χ4v) is 1.27. The summed E-state index contributed by atoms with van der Waals surface area (Å²) in [5.41, 5.74) is 0. The van der Waals surface area contributed by atoms with E-state index in [1.54, 1.807) is 5.32 Å².